The molecule has 0 aliphatic heterocycles. The molecule has 0 fully saturated rings. The second-order valence-electron chi connectivity index (χ2n) is 4.15. The topological polar surface area (TPSA) is 38.0 Å². The molecule has 0 amide bonds. The summed E-state index contributed by atoms with van der Waals surface area (Å²) in [4.78, 5) is 6.25. The zero-order valence-corrected chi connectivity index (χ0v) is 12.6. The van der Waals surface area contributed by atoms with Crippen LogP contribution in [0.25, 0.3) is 0 Å². The monoisotopic (exact) mass is 322 g/mol. The summed E-state index contributed by atoms with van der Waals surface area (Å²) in [7, 11) is 5.49. The molecule has 100 valence electrons. The van der Waals surface area contributed by atoms with Crippen molar-refractivity contribution in [1.82, 2.24) is 0 Å². The SMILES string of the molecule is COc1ccc(N=Cc2cc(Br)c(N(C)C)o2)cc1. The lowest BCUT2D eigenvalue weighted by Gasteiger charge is -2.07. The number of rotatable bonds is 4. The van der Waals surface area contributed by atoms with Gasteiger partial charge in [0.1, 0.15) is 11.5 Å². The molecule has 0 bridgehead atoms. The first-order valence-electron chi connectivity index (χ1n) is 5.75. The maximum Gasteiger partial charge on any atom is 0.210 e. The van der Waals surface area contributed by atoms with Gasteiger partial charge in [-0.25, -0.2) is 0 Å². The van der Waals surface area contributed by atoms with Crippen molar-refractivity contribution in [2.75, 3.05) is 26.1 Å². The summed E-state index contributed by atoms with van der Waals surface area (Å²) >= 11 is 3.45. The van der Waals surface area contributed by atoms with E-state index in [0.29, 0.717) is 5.76 Å². The summed E-state index contributed by atoms with van der Waals surface area (Å²) in [5.74, 6) is 2.29. The molecule has 19 heavy (non-hydrogen) atoms. The van der Waals surface area contributed by atoms with Gasteiger partial charge in [-0.15, -0.1) is 0 Å². The summed E-state index contributed by atoms with van der Waals surface area (Å²) in [6.45, 7) is 0. The van der Waals surface area contributed by atoms with Gasteiger partial charge in [0, 0.05) is 20.2 Å². The van der Waals surface area contributed by atoms with Crippen LogP contribution in [0.2, 0.25) is 0 Å². The van der Waals surface area contributed by atoms with E-state index in [1.54, 1.807) is 13.3 Å². The Hall–Kier alpha value is -1.75. The van der Waals surface area contributed by atoms with Crippen molar-refractivity contribution < 1.29 is 9.15 Å². The third-order valence-electron chi connectivity index (χ3n) is 2.51. The Bertz CT molecular complexity index is 574. The molecule has 4 nitrogen and oxygen atoms in total. The highest BCUT2D eigenvalue weighted by Gasteiger charge is 2.08. The molecule has 1 heterocycles. The van der Waals surface area contributed by atoms with Crippen molar-refractivity contribution in [2.24, 2.45) is 4.99 Å². The number of benzene rings is 1. The molecule has 0 aliphatic rings. The zero-order chi connectivity index (χ0) is 13.8. The van der Waals surface area contributed by atoms with E-state index in [1.165, 1.54) is 0 Å². The summed E-state index contributed by atoms with van der Waals surface area (Å²) in [6.07, 6.45) is 1.69. The van der Waals surface area contributed by atoms with Crippen LogP contribution in [0.5, 0.6) is 5.75 Å². The van der Waals surface area contributed by atoms with Gasteiger partial charge in [0.2, 0.25) is 5.88 Å². The maximum absolute atomic E-state index is 5.65. The number of nitrogens with zero attached hydrogens (tertiary/aromatic N) is 2. The third kappa shape index (κ3) is 3.38. The largest absolute Gasteiger partial charge is 0.497 e. The number of halogens is 1. The molecule has 2 rings (SSSR count). The van der Waals surface area contributed by atoms with E-state index in [4.69, 9.17) is 9.15 Å². The lowest BCUT2D eigenvalue weighted by molar-refractivity contribution is 0.415. The normalized spacial score (nSPS) is 10.9. The number of ether oxygens (including phenoxy) is 1. The van der Waals surface area contributed by atoms with Gasteiger partial charge in [-0.05, 0) is 40.2 Å². The highest BCUT2D eigenvalue weighted by atomic mass is 79.9. The molecule has 1 aromatic carbocycles. The van der Waals surface area contributed by atoms with Crippen molar-refractivity contribution in [1.29, 1.82) is 0 Å². The van der Waals surface area contributed by atoms with Gasteiger partial charge in [-0.1, -0.05) is 0 Å². The number of aliphatic imine (C=N–C) groups is 1. The van der Waals surface area contributed by atoms with Gasteiger partial charge in [-0.2, -0.15) is 0 Å². The Morgan fingerprint density at radius 3 is 2.47 bits per heavy atom. The van der Waals surface area contributed by atoms with Crippen molar-refractivity contribution in [3.63, 3.8) is 0 Å². The number of anilines is 1. The van der Waals surface area contributed by atoms with Gasteiger partial charge in [0.25, 0.3) is 0 Å². The fourth-order valence-corrected chi connectivity index (χ4v) is 2.21. The van der Waals surface area contributed by atoms with Crippen molar-refractivity contribution in [3.05, 3.63) is 40.6 Å². The second-order valence-corrected chi connectivity index (χ2v) is 5.01. The minimum Gasteiger partial charge on any atom is -0.497 e. The van der Waals surface area contributed by atoms with Crippen LogP contribution in [0.3, 0.4) is 0 Å². The Morgan fingerprint density at radius 1 is 1.26 bits per heavy atom. The molecule has 0 unspecified atom stereocenters. The Balaban J connectivity index is 2.15. The molecule has 0 atom stereocenters. The summed E-state index contributed by atoms with van der Waals surface area (Å²) < 4.78 is 11.7. The predicted molar refractivity (Wildman–Crippen MR) is 81.0 cm³/mol. The number of methoxy groups -OCH3 is 1. The van der Waals surface area contributed by atoms with Crippen LogP contribution in [0.1, 0.15) is 5.76 Å². The zero-order valence-electron chi connectivity index (χ0n) is 11.1. The Labute approximate surface area is 120 Å². The van der Waals surface area contributed by atoms with Crippen LogP contribution in [-0.4, -0.2) is 27.4 Å². The van der Waals surface area contributed by atoms with Crippen molar-refractivity contribution >= 4 is 33.7 Å². The first-order valence-corrected chi connectivity index (χ1v) is 6.54. The predicted octanol–water partition coefficient (Wildman–Crippen LogP) is 3.87. The van der Waals surface area contributed by atoms with E-state index in [-0.39, 0.29) is 0 Å². The highest BCUT2D eigenvalue weighted by Crippen LogP contribution is 2.28. The maximum atomic E-state index is 5.65. The third-order valence-corrected chi connectivity index (χ3v) is 3.08. The summed E-state index contributed by atoms with van der Waals surface area (Å²) in [5.41, 5.74) is 0.847. The van der Waals surface area contributed by atoms with Gasteiger partial charge in [0.15, 0.2) is 0 Å². The van der Waals surface area contributed by atoms with Crippen LogP contribution in [-0.2, 0) is 0 Å². The molecular weight excluding hydrogens is 308 g/mol. The molecule has 2 aromatic rings. The molecule has 0 N–H and O–H groups in total. The molecule has 1 aromatic heterocycles. The fraction of sp³-hybridized carbons (Fsp3) is 0.214. The van der Waals surface area contributed by atoms with E-state index in [9.17, 15) is 0 Å². The van der Waals surface area contributed by atoms with Gasteiger partial charge >= 0.3 is 0 Å². The van der Waals surface area contributed by atoms with Gasteiger partial charge in [-0.3, -0.25) is 4.99 Å². The standard InChI is InChI=1S/C14H15BrN2O2/c1-17(2)14-13(15)8-12(19-14)9-16-10-4-6-11(18-3)7-5-10/h4-9H,1-3H3. The molecule has 0 spiro atoms. The number of furan rings is 1. The average molecular weight is 323 g/mol. The van der Waals surface area contributed by atoms with E-state index >= 15 is 0 Å². The quantitative estimate of drug-likeness (QED) is 0.802. The Morgan fingerprint density at radius 2 is 1.95 bits per heavy atom. The minimum absolute atomic E-state index is 0.700. The highest BCUT2D eigenvalue weighted by molar-refractivity contribution is 9.10. The molecular formula is C14H15BrN2O2. The minimum atomic E-state index is 0.700. The van der Waals surface area contributed by atoms with Gasteiger partial charge in [0.05, 0.1) is 23.5 Å². The number of hydrogen-bond donors (Lipinski definition) is 0. The smallest absolute Gasteiger partial charge is 0.210 e. The molecule has 5 heteroatoms. The van der Waals surface area contributed by atoms with Crippen LogP contribution < -0.4 is 9.64 Å². The van der Waals surface area contributed by atoms with Crippen LogP contribution in [0, 0.1) is 0 Å². The second kappa shape index (κ2) is 5.93. The lowest BCUT2D eigenvalue weighted by atomic mass is 10.3. The van der Waals surface area contributed by atoms with Crippen molar-refractivity contribution in [3.8, 4) is 5.75 Å². The molecule has 0 radical (unpaired) electrons. The molecule has 0 aliphatic carbocycles. The van der Waals surface area contributed by atoms with Crippen LogP contribution >= 0.6 is 15.9 Å². The van der Waals surface area contributed by atoms with Crippen LogP contribution in [0.4, 0.5) is 11.6 Å². The fourth-order valence-electron chi connectivity index (χ4n) is 1.55. The molecule has 0 saturated carbocycles. The molecule has 0 saturated heterocycles. The first-order chi connectivity index (χ1) is 9.10. The van der Waals surface area contributed by atoms with E-state index in [0.717, 1.165) is 21.8 Å². The first kappa shape index (κ1) is 13.7. The van der Waals surface area contributed by atoms with E-state index in [1.807, 2.05) is 49.3 Å². The van der Waals surface area contributed by atoms with Gasteiger partial charge < -0.3 is 14.1 Å². The average Bonchev–Trinajstić information content (AvgIpc) is 2.78. The van der Waals surface area contributed by atoms with Crippen molar-refractivity contribution in [2.45, 2.75) is 0 Å². The Kier molecular flexibility index (Phi) is 4.27. The van der Waals surface area contributed by atoms with E-state index in [2.05, 4.69) is 20.9 Å². The van der Waals surface area contributed by atoms with E-state index < -0.39 is 0 Å². The summed E-state index contributed by atoms with van der Waals surface area (Å²) in [6, 6.07) is 9.41. The summed E-state index contributed by atoms with van der Waals surface area (Å²) in [5, 5.41) is 0. The number of hydrogen-bond acceptors (Lipinski definition) is 4. The lowest BCUT2D eigenvalue weighted by Crippen LogP contribution is -2.07. The van der Waals surface area contributed by atoms with Crippen LogP contribution in [0.15, 0.2) is 44.2 Å².